The monoisotopic (exact) mass is 441 g/mol. The highest BCUT2D eigenvalue weighted by Crippen LogP contribution is 2.39. The van der Waals surface area contributed by atoms with Crippen molar-refractivity contribution in [1.82, 2.24) is 5.32 Å². The Balaban J connectivity index is 2.61. The van der Waals surface area contributed by atoms with Gasteiger partial charge in [-0.1, -0.05) is 91.8 Å². The van der Waals surface area contributed by atoms with Gasteiger partial charge in [0, 0.05) is 0 Å². The quantitative estimate of drug-likeness (QED) is 0.541. The van der Waals surface area contributed by atoms with Crippen LogP contribution in [0.25, 0.3) is 0 Å². The minimum absolute atomic E-state index is 0.155. The van der Waals surface area contributed by atoms with Crippen LogP contribution in [0.15, 0.2) is 60.7 Å². The van der Waals surface area contributed by atoms with Crippen LogP contribution in [0.3, 0.4) is 0 Å². The van der Waals surface area contributed by atoms with Crippen LogP contribution in [0.1, 0.15) is 41.5 Å². The Bertz CT molecular complexity index is 830. The first-order valence-electron chi connectivity index (χ1n) is 10.6. The Morgan fingerprint density at radius 1 is 0.871 bits per heavy atom. The van der Waals surface area contributed by atoms with E-state index in [9.17, 15) is 9.59 Å². The summed E-state index contributed by atoms with van der Waals surface area (Å²) in [7, 11) is -1.24. The molecule has 0 aliphatic heterocycles. The Morgan fingerprint density at radius 2 is 1.32 bits per heavy atom. The highest BCUT2D eigenvalue weighted by molar-refractivity contribution is 7.04. The van der Waals surface area contributed by atoms with Crippen LogP contribution in [-0.2, 0) is 14.3 Å². The first-order valence-corrected chi connectivity index (χ1v) is 12.8. The number of hydrogen-bond donors (Lipinski definition) is 1. The largest absolute Gasteiger partial charge is 0.467 e. The van der Waals surface area contributed by atoms with Gasteiger partial charge in [0.1, 0.15) is 19.7 Å². The summed E-state index contributed by atoms with van der Waals surface area (Å²) in [4.78, 5) is 25.4. The molecule has 5 nitrogen and oxygen atoms in total. The van der Waals surface area contributed by atoms with Crippen molar-refractivity contribution >= 4 is 30.5 Å². The van der Waals surface area contributed by atoms with Crippen molar-refractivity contribution in [2.75, 3.05) is 7.11 Å². The Labute approximate surface area is 187 Å². The molecule has 0 spiro atoms. The number of hydrogen-bond acceptors (Lipinski definition) is 4. The molecule has 0 radical (unpaired) electrons. The van der Waals surface area contributed by atoms with Gasteiger partial charge < -0.3 is 14.8 Å². The number of methoxy groups -OCH3 is 1. The molecule has 1 N–H and O–H groups in total. The van der Waals surface area contributed by atoms with E-state index in [1.54, 1.807) is 20.8 Å². The van der Waals surface area contributed by atoms with Crippen molar-refractivity contribution in [3.8, 4) is 0 Å². The fourth-order valence-electron chi connectivity index (χ4n) is 4.11. The maximum absolute atomic E-state index is 12.8. The summed E-state index contributed by atoms with van der Waals surface area (Å²) < 4.78 is 10.5. The SMILES string of the molecule is COC(=O)[C@@H](C[Si](c1ccccc1)(c1ccccc1)C(C)(C)C)NC(=O)OC(C)(C)C. The van der Waals surface area contributed by atoms with Crippen LogP contribution in [0.5, 0.6) is 0 Å². The molecule has 0 fully saturated rings. The lowest BCUT2D eigenvalue weighted by molar-refractivity contribution is -0.142. The van der Waals surface area contributed by atoms with Gasteiger partial charge in [0.15, 0.2) is 0 Å². The van der Waals surface area contributed by atoms with Gasteiger partial charge in [-0.15, -0.1) is 0 Å². The van der Waals surface area contributed by atoms with Crippen LogP contribution in [-0.4, -0.2) is 38.9 Å². The number of nitrogens with one attached hydrogen (secondary N) is 1. The number of carbonyl (C=O) groups excluding carboxylic acids is 2. The summed E-state index contributed by atoms with van der Waals surface area (Å²) in [6.07, 6.45) is -0.624. The van der Waals surface area contributed by atoms with E-state index in [1.165, 1.54) is 17.5 Å². The number of carbonyl (C=O) groups is 2. The molecule has 0 bridgehead atoms. The average molecular weight is 442 g/mol. The Kier molecular flexibility index (Phi) is 7.71. The van der Waals surface area contributed by atoms with E-state index in [0.717, 1.165) is 0 Å². The number of esters is 1. The van der Waals surface area contributed by atoms with E-state index in [0.29, 0.717) is 6.04 Å². The standard InChI is InChI=1S/C25H35NO4Si/c1-24(2,3)30-23(28)26-21(22(27)29-7)18-31(25(4,5)6,19-14-10-8-11-15-19)20-16-12-9-13-17-20/h8-17,21H,18H2,1-7H3,(H,26,28)/t21-/m1/s1. The third kappa shape index (κ3) is 5.97. The summed E-state index contributed by atoms with van der Waals surface area (Å²) in [6, 6.07) is 20.3. The molecule has 0 saturated heterocycles. The lowest BCUT2D eigenvalue weighted by atomic mass is 10.2. The third-order valence-corrected chi connectivity index (χ3v) is 11.7. The van der Waals surface area contributed by atoms with E-state index >= 15 is 0 Å². The second-order valence-electron chi connectivity index (χ2n) is 9.81. The minimum atomic E-state index is -2.59. The Hall–Kier alpha value is -2.60. The minimum Gasteiger partial charge on any atom is -0.467 e. The number of amides is 1. The van der Waals surface area contributed by atoms with E-state index in [4.69, 9.17) is 9.47 Å². The van der Waals surface area contributed by atoms with Crippen molar-refractivity contribution in [3.05, 3.63) is 60.7 Å². The lowest BCUT2D eigenvalue weighted by Crippen LogP contribution is -2.67. The molecular weight excluding hydrogens is 406 g/mol. The van der Waals surface area contributed by atoms with Gasteiger partial charge in [0.05, 0.1) is 7.11 Å². The van der Waals surface area contributed by atoms with Gasteiger partial charge >= 0.3 is 12.1 Å². The molecule has 0 saturated carbocycles. The normalized spacial score (nSPS) is 13.3. The van der Waals surface area contributed by atoms with E-state index < -0.39 is 31.8 Å². The predicted molar refractivity (Wildman–Crippen MR) is 128 cm³/mol. The predicted octanol–water partition coefficient (Wildman–Crippen LogP) is 4.12. The van der Waals surface area contributed by atoms with E-state index in [-0.39, 0.29) is 5.04 Å². The zero-order valence-electron chi connectivity index (χ0n) is 19.7. The Morgan fingerprint density at radius 3 is 1.68 bits per heavy atom. The second-order valence-corrected chi connectivity index (χ2v) is 14.7. The summed E-state index contributed by atoms with van der Waals surface area (Å²) in [6.45, 7) is 12.0. The average Bonchev–Trinajstić information content (AvgIpc) is 2.69. The van der Waals surface area contributed by atoms with Gasteiger partial charge in [-0.3, -0.25) is 0 Å². The fourth-order valence-corrected chi connectivity index (χ4v) is 9.66. The van der Waals surface area contributed by atoms with Gasteiger partial charge in [-0.05, 0) is 31.9 Å². The molecule has 0 heterocycles. The lowest BCUT2D eigenvalue weighted by Gasteiger charge is -2.45. The van der Waals surface area contributed by atoms with Crippen LogP contribution in [0.4, 0.5) is 4.79 Å². The van der Waals surface area contributed by atoms with Gasteiger partial charge in [-0.25, -0.2) is 9.59 Å². The van der Waals surface area contributed by atoms with Crippen molar-refractivity contribution in [1.29, 1.82) is 0 Å². The molecule has 0 aliphatic carbocycles. The number of alkyl carbamates (subject to hydrolysis) is 1. The van der Waals surface area contributed by atoms with E-state index in [1.807, 2.05) is 36.4 Å². The fraction of sp³-hybridized carbons (Fsp3) is 0.440. The molecule has 2 aromatic carbocycles. The molecule has 31 heavy (non-hydrogen) atoms. The summed E-state index contributed by atoms with van der Waals surface area (Å²) in [5.41, 5.74) is -0.665. The van der Waals surface area contributed by atoms with Gasteiger partial charge in [-0.2, -0.15) is 0 Å². The van der Waals surface area contributed by atoms with Crippen LogP contribution < -0.4 is 15.7 Å². The van der Waals surface area contributed by atoms with Crippen molar-refractivity contribution < 1.29 is 19.1 Å². The molecule has 0 aliphatic rings. The highest BCUT2D eigenvalue weighted by atomic mass is 28.3. The molecule has 6 heteroatoms. The maximum atomic E-state index is 12.8. The molecule has 0 unspecified atom stereocenters. The molecule has 2 rings (SSSR count). The first kappa shape index (κ1) is 24.7. The van der Waals surface area contributed by atoms with Crippen LogP contribution >= 0.6 is 0 Å². The number of rotatable bonds is 6. The molecule has 2 aromatic rings. The topological polar surface area (TPSA) is 64.6 Å². The zero-order chi connectivity index (χ0) is 23.3. The molecular formula is C25H35NO4Si. The van der Waals surface area contributed by atoms with Crippen molar-refractivity contribution in [2.45, 2.75) is 64.3 Å². The third-order valence-electron chi connectivity index (χ3n) is 5.50. The zero-order valence-corrected chi connectivity index (χ0v) is 20.7. The van der Waals surface area contributed by atoms with Crippen LogP contribution in [0.2, 0.25) is 11.1 Å². The van der Waals surface area contributed by atoms with Crippen molar-refractivity contribution in [2.24, 2.45) is 0 Å². The molecule has 1 amide bonds. The maximum Gasteiger partial charge on any atom is 0.408 e. The van der Waals surface area contributed by atoms with Crippen molar-refractivity contribution in [3.63, 3.8) is 0 Å². The molecule has 1 atom stereocenters. The molecule has 0 aromatic heterocycles. The highest BCUT2D eigenvalue weighted by Gasteiger charge is 2.50. The molecule has 168 valence electrons. The smallest absolute Gasteiger partial charge is 0.408 e. The van der Waals surface area contributed by atoms with Gasteiger partial charge in [0.2, 0.25) is 0 Å². The number of ether oxygens (including phenoxy) is 2. The number of benzene rings is 2. The van der Waals surface area contributed by atoms with E-state index in [2.05, 4.69) is 50.4 Å². The van der Waals surface area contributed by atoms with Gasteiger partial charge in [0.25, 0.3) is 0 Å². The van der Waals surface area contributed by atoms with Crippen LogP contribution in [0, 0.1) is 0 Å². The summed E-state index contributed by atoms with van der Waals surface area (Å²) in [5.74, 6) is -0.473. The first-order chi connectivity index (χ1) is 14.4. The second kappa shape index (κ2) is 9.69. The summed E-state index contributed by atoms with van der Waals surface area (Å²) in [5, 5.41) is 5.04. The summed E-state index contributed by atoms with van der Waals surface area (Å²) >= 11 is 0.